The molecule has 0 radical (unpaired) electrons. The quantitative estimate of drug-likeness (QED) is 0.703. The third-order valence-electron chi connectivity index (χ3n) is 6.95. The Morgan fingerprint density at radius 1 is 1.10 bits per heavy atom. The van der Waals surface area contributed by atoms with Crippen molar-refractivity contribution >= 4 is 11.8 Å². The fraction of sp³-hybridized carbons (Fsp3) is 0.773. The minimum Gasteiger partial charge on any atom is -0.336 e. The topological polar surface area (TPSA) is 61.7 Å². The molecule has 1 unspecified atom stereocenters. The van der Waals surface area contributed by atoms with Gasteiger partial charge in [-0.2, -0.15) is 5.10 Å². The van der Waals surface area contributed by atoms with Crippen LogP contribution in [0, 0.1) is 5.92 Å². The molecule has 1 aromatic heterocycles. The van der Waals surface area contributed by atoms with Crippen LogP contribution in [-0.4, -0.2) is 81.6 Å². The van der Waals surface area contributed by atoms with Gasteiger partial charge in [-0.3, -0.25) is 14.3 Å². The van der Waals surface area contributed by atoms with E-state index in [4.69, 9.17) is 0 Å². The maximum absolute atomic E-state index is 13.2. The zero-order valence-corrected chi connectivity index (χ0v) is 17.8. The van der Waals surface area contributed by atoms with Gasteiger partial charge in [-0.25, -0.2) is 0 Å². The van der Waals surface area contributed by atoms with E-state index in [1.807, 2.05) is 11.8 Å². The summed E-state index contributed by atoms with van der Waals surface area (Å²) in [5.74, 6) is 0.583. The van der Waals surface area contributed by atoms with Crippen LogP contribution in [-0.2, 0) is 11.3 Å². The number of aromatic nitrogens is 2. The lowest BCUT2D eigenvalue weighted by Crippen LogP contribution is -2.55. The molecule has 4 rings (SSSR count). The summed E-state index contributed by atoms with van der Waals surface area (Å²) >= 11 is 0. The van der Waals surface area contributed by atoms with Gasteiger partial charge in [0.05, 0.1) is 0 Å². The van der Waals surface area contributed by atoms with Crippen molar-refractivity contribution < 1.29 is 9.59 Å². The highest BCUT2D eigenvalue weighted by molar-refractivity contribution is 5.92. The molecular formula is C22H35N5O2. The van der Waals surface area contributed by atoms with E-state index in [0.29, 0.717) is 24.7 Å². The van der Waals surface area contributed by atoms with Gasteiger partial charge in [0.1, 0.15) is 5.69 Å². The Labute approximate surface area is 174 Å². The number of hydrogen-bond donors (Lipinski definition) is 0. The molecule has 3 aliphatic rings. The van der Waals surface area contributed by atoms with Crippen LogP contribution in [0.15, 0.2) is 12.3 Å². The van der Waals surface area contributed by atoms with E-state index < -0.39 is 0 Å². The van der Waals surface area contributed by atoms with Crippen molar-refractivity contribution in [2.24, 2.45) is 5.92 Å². The van der Waals surface area contributed by atoms with E-state index in [-0.39, 0.29) is 17.9 Å². The van der Waals surface area contributed by atoms with Crippen molar-refractivity contribution in [3.05, 3.63) is 18.0 Å². The normalized spacial score (nSPS) is 23.2. The summed E-state index contributed by atoms with van der Waals surface area (Å²) in [7, 11) is 0. The van der Waals surface area contributed by atoms with Crippen LogP contribution in [0.1, 0.15) is 62.4 Å². The summed E-state index contributed by atoms with van der Waals surface area (Å²) in [6.07, 6.45) is 9.42. The first-order valence-electron chi connectivity index (χ1n) is 11.5. The maximum Gasteiger partial charge on any atom is 0.272 e. The molecule has 0 bridgehead atoms. The molecule has 2 aliphatic heterocycles. The van der Waals surface area contributed by atoms with E-state index >= 15 is 0 Å². The Balaban J connectivity index is 1.44. The summed E-state index contributed by atoms with van der Waals surface area (Å²) < 4.78 is 1.76. The molecule has 1 atom stereocenters. The third-order valence-corrected chi connectivity index (χ3v) is 6.95. The van der Waals surface area contributed by atoms with E-state index in [1.54, 1.807) is 16.9 Å². The maximum atomic E-state index is 13.2. The molecule has 7 heteroatoms. The average molecular weight is 402 g/mol. The number of aryl methyl sites for hydroxylation is 1. The molecule has 0 aromatic carbocycles. The van der Waals surface area contributed by atoms with Gasteiger partial charge < -0.3 is 14.7 Å². The zero-order chi connectivity index (χ0) is 20.2. The summed E-state index contributed by atoms with van der Waals surface area (Å²) in [6.45, 7) is 8.17. The van der Waals surface area contributed by atoms with Crippen molar-refractivity contribution in [3.63, 3.8) is 0 Å². The van der Waals surface area contributed by atoms with Crippen LogP contribution >= 0.6 is 0 Å². The van der Waals surface area contributed by atoms with Crippen molar-refractivity contribution in [2.75, 3.05) is 39.3 Å². The molecule has 1 aromatic rings. The molecule has 2 amide bonds. The first-order valence-corrected chi connectivity index (χ1v) is 11.5. The molecule has 7 nitrogen and oxygen atoms in total. The standard InChI is InChI=1S/C22H35N5O2/c1-2-27-20(10-11-23-27)22(29)25-14-6-9-19(17-25)26(21(28)18-7-5-8-18)16-15-24-12-3-4-13-24/h10-11,18-19H,2-9,12-17H2,1H3. The second-order valence-corrected chi connectivity index (χ2v) is 8.79. The summed E-state index contributed by atoms with van der Waals surface area (Å²) in [5, 5.41) is 4.25. The Morgan fingerprint density at radius 3 is 2.59 bits per heavy atom. The highest BCUT2D eigenvalue weighted by Crippen LogP contribution is 2.30. The second-order valence-electron chi connectivity index (χ2n) is 8.79. The summed E-state index contributed by atoms with van der Waals surface area (Å²) in [5.41, 5.74) is 0.655. The molecule has 29 heavy (non-hydrogen) atoms. The van der Waals surface area contributed by atoms with Crippen molar-refractivity contribution in [1.29, 1.82) is 0 Å². The van der Waals surface area contributed by atoms with Gasteiger partial charge in [-0.15, -0.1) is 0 Å². The van der Waals surface area contributed by atoms with Crippen LogP contribution < -0.4 is 0 Å². The van der Waals surface area contributed by atoms with Crippen LogP contribution in [0.2, 0.25) is 0 Å². The molecule has 2 saturated heterocycles. The van der Waals surface area contributed by atoms with Gasteiger partial charge in [0.2, 0.25) is 5.91 Å². The second kappa shape index (κ2) is 9.28. The van der Waals surface area contributed by atoms with Crippen LogP contribution in [0.3, 0.4) is 0 Å². The molecule has 3 heterocycles. The van der Waals surface area contributed by atoms with Crippen LogP contribution in [0.5, 0.6) is 0 Å². The van der Waals surface area contributed by atoms with Gasteiger partial charge in [0.25, 0.3) is 5.91 Å². The number of amides is 2. The smallest absolute Gasteiger partial charge is 0.272 e. The lowest BCUT2D eigenvalue weighted by Gasteiger charge is -2.42. The molecule has 3 fully saturated rings. The van der Waals surface area contributed by atoms with Gasteiger partial charge in [0, 0.05) is 50.9 Å². The van der Waals surface area contributed by atoms with Gasteiger partial charge in [-0.05, 0) is 64.6 Å². The average Bonchev–Trinajstić information content (AvgIpc) is 3.38. The third kappa shape index (κ3) is 4.49. The van der Waals surface area contributed by atoms with E-state index in [9.17, 15) is 9.59 Å². The lowest BCUT2D eigenvalue weighted by molar-refractivity contribution is -0.141. The van der Waals surface area contributed by atoms with Gasteiger partial charge in [0.15, 0.2) is 0 Å². The fourth-order valence-electron chi connectivity index (χ4n) is 4.94. The lowest BCUT2D eigenvalue weighted by atomic mass is 9.83. The van der Waals surface area contributed by atoms with Crippen molar-refractivity contribution in [3.8, 4) is 0 Å². The minimum atomic E-state index is 0.0460. The molecule has 160 valence electrons. The van der Waals surface area contributed by atoms with Crippen molar-refractivity contribution in [2.45, 2.75) is 64.5 Å². The Bertz CT molecular complexity index is 708. The minimum absolute atomic E-state index is 0.0460. The number of likely N-dealkylation sites (tertiary alicyclic amines) is 2. The fourth-order valence-corrected chi connectivity index (χ4v) is 4.94. The Morgan fingerprint density at radius 2 is 1.90 bits per heavy atom. The number of nitrogens with zero attached hydrogens (tertiary/aromatic N) is 5. The molecular weight excluding hydrogens is 366 g/mol. The van der Waals surface area contributed by atoms with Crippen LogP contribution in [0.4, 0.5) is 0 Å². The number of rotatable bonds is 7. The van der Waals surface area contributed by atoms with E-state index in [0.717, 1.165) is 58.4 Å². The Hall–Kier alpha value is -1.89. The van der Waals surface area contributed by atoms with Crippen LogP contribution in [0.25, 0.3) is 0 Å². The van der Waals surface area contributed by atoms with E-state index in [1.165, 1.54) is 19.3 Å². The largest absolute Gasteiger partial charge is 0.336 e. The molecule has 1 saturated carbocycles. The number of carbonyl (C=O) groups is 2. The zero-order valence-electron chi connectivity index (χ0n) is 17.8. The number of piperidine rings is 1. The van der Waals surface area contributed by atoms with E-state index in [2.05, 4.69) is 14.9 Å². The summed E-state index contributed by atoms with van der Waals surface area (Å²) in [6, 6.07) is 1.95. The van der Waals surface area contributed by atoms with Crippen molar-refractivity contribution in [1.82, 2.24) is 24.5 Å². The predicted octanol–water partition coefficient (Wildman–Crippen LogP) is 2.23. The molecule has 0 spiro atoms. The summed E-state index contributed by atoms with van der Waals surface area (Å²) in [4.78, 5) is 32.9. The first-order chi connectivity index (χ1) is 14.2. The predicted molar refractivity (Wildman–Crippen MR) is 112 cm³/mol. The first kappa shape index (κ1) is 20.4. The number of carbonyl (C=O) groups excluding carboxylic acids is 2. The number of hydrogen-bond acceptors (Lipinski definition) is 4. The Kier molecular flexibility index (Phi) is 6.53. The molecule has 0 N–H and O–H groups in total. The highest BCUT2D eigenvalue weighted by Gasteiger charge is 2.36. The SMILES string of the molecule is CCn1nccc1C(=O)N1CCCC(N(CCN2CCCC2)C(=O)C2CCC2)C1. The highest BCUT2D eigenvalue weighted by atomic mass is 16.2. The van der Waals surface area contributed by atoms with Gasteiger partial charge >= 0.3 is 0 Å². The monoisotopic (exact) mass is 401 g/mol. The van der Waals surface area contributed by atoms with Gasteiger partial charge in [-0.1, -0.05) is 6.42 Å². The molecule has 1 aliphatic carbocycles.